The van der Waals surface area contributed by atoms with Gasteiger partial charge in [0.05, 0.1) is 31.4 Å². The number of rotatable bonds is 8. The molecule has 1 aliphatic heterocycles. The predicted molar refractivity (Wildman–Crippen MR) is 115 cm³/mol. The van der Waals surface area contributed by atoms with E-state index in [0.29, 0.717) is 44.0 Å². The number of nitrogens with zero attached hydrogens (tertiary/aromatic N) is 2. The summed E-state index contributed by atoms with van der Waals surface area (Å²) in [4.78, 5) is 12.2. The predicted octanol–water partition coefficient (Wildman–Crippen LogP) is 1.50. The van der Waals surface area contributed by atoms with Crippen LogP contribution in [0.2, 0.25) is 0 Å². The zero-order valence-corrected chi connectivity index (χ0v) is 18.0. The average Bonchev–Trinajstić information content (AvgIpc) is 2.79. The zero-order valence-electron chi connectivity index (χ0n) is 17.2. The molecule has 2 N–H and O–H groups in total. The van der Waals surface area contributed by atoms with Crippen molar-refractivity contribution < 1.29 is 27.8 Å². The number of sulfonamides is 1. The van der Waals surface area contributed by atoms with E-state index in [-0.39, 0.29) is 23.0 Å². The number of aryl methyl sites for hydroxylation is 1. The zero-order chi connectivity index (χ0) is 22.3. The van der Waals surface area contributed by atoms with Crippen molar-refractivity contribution in [2.75, 3.05) is 33.4 Å². The van der Waals surface area contributed by atoms with E-state index in [4.69, 9.17) is 9.47 Å². The summed E-state index contributed by atoms with van der Waals surface area (Å²) in [6.45, 7) is 1.49. The van der Waals surface area contributed by atoms with Crippen LogP contribution in [0.5, 0.6) is 11.5 Å². The minimum absolute atomic E-state index is 0.0168. The van der Waals surface area contributed by atoms with E-state index in [1.165, 1.54) is 23.7 Å². The van der Waals surface area contributed by atoms with E-state index >= 15 is 0 Å². The number of hydrogen-bond donors (Lipinski definition) is 2. The first-order valence-electron chi connectivity index (χ1n) is 9.76. The normalized spacial score (nSPS) is 15.1. The van der Waals surface area contributed by atoms with E-state index in [1.54, 1.807) is 36.4 Å². The Hall–Kier alpha value is -2.95. The fourth-order valence-electron chi connectivity index (χ4n) is 3.04. The highest BCUT2D eigenvalue weighted by atomic mass is 32.2. The molecule has 1 heterocycles. The molecule has 9 nitrogen and oxygen atoms in total. The van der Waals surface area contributed by atoms with Crippen molar-refractivity contribution in [1.82, 2.24) is 9.73 Å². The second-order valence-corrected chi connectivity index (χ2v) is 8.82. The van der Waals surface area contributed by atoms with Crippen LogP contribution < -0.4 is 10.2 Å². The number of ether oxygens (including phenoxy) is 2. The van der Waals surface area contributed by atoms with Crippen molar-refractivity contribution in [3.63, 3.8) is 0 Å². The van der Waals surface area contributed by atoms with E-state index in [9.17, 15) is 18.3 Å². The number of phenols is 1. The number of carbonyl (C=O) groups is 1. The van der Waals surface area contributed by atoms with Crippen molar-refractivity contribution in [2.24, 2.45) is 5.10 Å². The third-order valence-corrected chi connectivity index (χ3v) is 6.69. The number of methoxy groups -OCH3 is 1. The van der Waals surface area contributed by atoms with Gasteiger partial charge in [0, 0.05) is 19.5 Å². The molecular weight excluding hydrogens is 422 g/mol. The van der Waals surface area contributed by atoms with Crippen LogP contribution in [0, 0.1) is 0 Å². The van der Waals surface area contributed by atoms with Gasteiger partial charge in [-0.1, -0.05) is 12.1 Å². The van der Waals surface area contributed by atoms with Crippen molar-refractivity contribution >= 4 is 22.1 Å². The summed E-state index contributed by atoms with van der Waals surface area (Å²) in [7, 11) is -2.07. The maximum atomic E-state index is 12.6. The van der Waals surface area contributed by atoms with Crippen molar-refractivity contribution in [3.8, 4) is 11.5 Å². The molecule has 0 saturated carbocycles. The topological polar surface area (TPSA) is 118 Å². The smallest absolute Gasteiger partial charge is 0.243 e. The van der Waals surface area contributed by atoms with Crippen LogP contribution in [-0.2, 0) is 26.0 Å². The highest BCUT2D eigenvalue weighted by Crippen LogP contribution is 2.25. The fourth-order valence-corrected chi connectivity index (χ4v) is 4.45. The monoisotopic (exact) mass is 447 g/mol. The van der Waals surface area contributed by atoms with Crippen LogP contribution in [-0.4, -0.2) is 63.4 Å². The Morgan fingerprint density at radius 1 is 1.23 bits per heavy atom. The van der Waals surface area contributed by atoms with Crippen molar-refractivity contribution in [1.29, 1.82) is 0 Å². The molecule has 3 rings (SSSR count). The minimum Gasteiger partial charge on any atom is -0.504 e. The number of nitrogens with one attached hydrogen (secondary N) is 1. The molecule has 2 aromatic rings. The van der Waals surface area contributed by atoms with E-state index in [2.05, 4.69) is 10.5 Å². The van der Waals surface area contributed by atoms with E-state index in [0.717, 1.165) is 5.56 Å². The first-order chi connectivity index (χ1) is 14.9. The van der Waals surface area contributed by atoms with Gasteiger partial charge in [0.25, 0.3) is 0 Å². The molecule has 0 bridgehead atoms. The fraction of sp³-hybridized carbons (Fsp3) is 0.333. The Morgan fingerprint density at radius 2 is 1.94 bits per heavy atom. The van der Waals surface area contributed by atoms with Gasteiger partial charge in [-0.15, -0.1) is 0 Å². The molecule has 0 spiro atoms. The number of morpholine rings is 1. The molecule has 31 heavy (non-hydrogen) atoms. The van der Waals surface area contributed by atoms with Gasteiger partial charge in [-0.25, -0.2) is 13.8 Å². The molecule has 1 fully saturated rings. The van der Waals surface area contributed by atoms with Crippen LogP contribution in [0.1, 0.15) is 17.5 Å². The third kappa shape index (κ3) is 6.03. The first kappa shape index (κ1) is 22.7. The Morgan fingerprint density at radius 3 is 2.58 bits per heavy atom. The van der Waals surface area contributed by atoms with Gasteiger partial charge in [0.15, 0.2) is 11.5 Å². The standard InChI is InChI=1S/C21H25N3O6S/c1-29-20-8-4-17(14-19(20)25)15-22-23-21(26)9-5-16-2-6-18(7-3-16)31(27,28)24-10-12-30-13-11-24/h2-4,6-8,14-15,25H,5,9-13H2,1H3,(H,23,26). The molecule has 166 valence electrons. The Bertz CT molecular complexity index is 1030. The molecular formula is C21H25N3O6S. The number of amides is 1. The summed E-state index contributed by atoms with van der Waals surface area (Å²) in [5, 5.41) is 13.6. The minimum atomic E-state index is -3.53. The van der Waals surface area contributed by atoms with Gasteiger partial charge in [0.1, 0.15) is 0 Å². The van der Waals surface area contributed by atoms with Crippen LogP contribution in [0.15, 0.2) is 52.5 Å². The van der Waals surface area contributed by atoms with E-state index in [1.807, 2.05) is 0 Å². The number of benzene rings is 2. The summed E-state index contributed by atoms with van der Waals surface area (Å²) in [6.07, 6.45) is 2.06. The van der Waals surface area contributed by atoms with Crippen LogP contribution >= 0.6 is 0 Å². The highest BCUT2D eigenvalue weighted by Gasteiger charge is 2.26. The second-order valence-electron chi connectivity index (χ2n) is 6.88. The molecule has 0 radical (unpaired) electrons. The number of carbonyl (C=O) groups excluding carboxylic acids is 1. The largest absolute Gasteiger partial charge is 0.504 e. The number of aromatic hydroxyl groups is 1. The van der Waals surface area contributed by atoms with Crippen LogP contribution in [0.25, 0.3) is 0 Å². The average molecular weight is 448 g/mol. The molecule has 1 amide bonds. The summed E-state index contributed by atoms with van der Waals surface area (Å²) < 4.78 is 36.8. The molecule has 10 heteroatoms. The Labute approximate surface area is 181 Å². The quantitative estimate of drug-likeness (QED) is 0.468. The summed E-state index contributed by atoms with van der Waals surface area (Å²) in [5.41, 5.74) is 3.89. The van der Waals surface area contributed by atoms with Gasteiger partial charge in [-0.05, 0) is 47.9 Å². The molecule has 2 aromatic carbocycles. The van der Waals surface area contributed by atoms with Crippen molar-refractivity contribution in [2.45, 2.75) is 17.7 Å². The molecule has 0 aliphatic carbocycles. The molecule has 0 aromatic heterocycles. The lowest BCUT2D eigenvalue weighted by molar-refractivity contribution is -0.121. The summed E-state index contributed by atoms with van der Waals surface area (Å²) in [6, 6.07) is 11.3. The highest BCUT2D eigenvalue weighted by molar-refractivity contribution is 7.89. The molecule has 0 atom stereocenters. The third-order valence-electron chi connectivity index (χ3n) is 4.78. The summed E-state index contributed by atoms with van der Waals surface area (Å²) in [5.74, 6) is 0.0563. The second kappa shape index (κ2) is 10.4. The first-order valence-corrected chi connectivity index (χ1v) is 11.2. The van der Waals surface area contributed by atoms with Gasteiger partial charge in [0.2, 0.25) is 15.9 Å². The number of phenolic OH excluding ortho intramolecular Hbond substituents is 1. The van der Waals surface area contributed by atoms with Crippen LogP contribution in [0.3, 0.4) is 0 Å². The number of hydrazone groups is 1. The summed E-state index contributed by atoms with van der Waals surface area (Å²) >= 11 is 0. The van der Waals surface area contributed by atoms with Gasteiger partial charge in [-0.3, -0.25) is 4.79 Å². The Balaban J connectivity index is 1.49. The van der Waals surface area contributed by atoms with E-state index < -0.39 is 10.0 Å². The maximum absolute atomic E-state index is 12.6. The SMILES string of the molecule is COc1ccc(C=NNC(=O)CCc2ccc(S(=O)(=O)N3CCOCC3)cc2)cc1O. The lowest BCUT2D eigenvalue weighted by Crippen LogP contribution is -2.40. The molecule has 0 unspecified atom stereocenters. The molecule has 1 aliphatic rings. The number of hydrogen-bond acceptors (Lipinski definition) is 7. The van der Waals surface area contributed by atoms with Gasteiger partial charge in [-0.2, -0.15) is 9.41 Å². The maximum Gasteiger partial charge on any atom is 0.243 e. The van der Waals surface area contributed by atoms with Crippen LogP contribution in [0.4, 0.5) is 0 Å². The van der Waals surface area contributed by atoms with Crippen molar-refractivity contribution in [3.05, 3.63) is 53.6 Å². The molecule has 1 saturated heterocycles. The Kier molecular flexibility index (Phi) is 7.61. The van der Waals surface area contributed by atoms with Gasteiger partial charge < -0.3 is 14.6 Å². The van der Waals surface area contributed by atoms with Gasteiger partial charge >= 0.3 is 0 Å². The lowest BCUT2D eigenvalue weighted by atomic mass is 10.1. The lowest BCUT2D eigenvalue weighted by Gasteiger charge is -2.26.